The zero-order valence-electron chi connectivity index (χ0n) is 25.9. The Hall–Kier alpha value is -4.96. The van der Waals surface area contributed by atoms with Crippen LogP contribution in [0.2, 0.25) is 0 Å². The standard InChI is InChI=1S/C41H40N2O2/c1-30-11-10-16-35(27-30)37-17-8-9-18-38(37)39(44)28-31-19-21-36(22-20-31)43-25-23-34(24-26-43)40(33-14-6-3-7-15-33)41(45)42-29-32-12-4-2-5-13-32/h2-22,27,34,40H,23-26,28-29H2,1H3,(H,42,45). The highest BCUT2D eigenvalue weighted by Crippen LogP contribution is 2.35. The molecule has 0 bridgehead atoms. The van der Waals surface area contributed by atoms with Gasteiger partial charge in [-0.2, -0.15) is 0 Å². The Balaban J connectivity index is 1.09. The van der Waals surface area contributed by atoms with E-state index < -0.39 is 0 Å². The summed E-state index contributed by atoms with van der Waals surface area (Å²) in [6.07, 6.45) is 2.24. The van der Waals surface area contributed by atoms with Crippen LogP contribution >= 0.6 is 0 Å². The summed E-state index contributed by atoms with van der Waals surface area (Å²) in [6, 6.07) is 44.9. The molecule has 6 rings (SSSR count). The number of ketones is 1. The molecule has 5 aromatic rings. The predicted molar refractivity (Wildman–Crippen MR) is 184 cm³/mol. The van der Waals surface area contributed by atoms with Crippen molar-refractivity contribution in [2.24, 2.45) is 5.92 Å². The van der Waals surface area contributed by atoms with Gasteiger partial charge in [-0.05, 0) is 65.6 Å². The van der Waals surface area contributed by atoms with Gasteiger partial charge in [-0.3, -0.25) is 9.59 Å². The average molecular weight is 593 g/mol. The number of carbonyl (C=O) groups excluding carboxylic acids is 2. The Kier molecular flexibility index (Phi) is 9.50. The highest BCUT2D eigenvalue weighted by molar-refractivity contribution is 6.03. The molecule has 0 aromatic heterocycles. The summed E-state index contributed by atoms with van der Waals surface area (Å²) in [5.41, 5.74) is 8.35. The monoisotopic (exact) mass is 592 g/mol. The van der Waals surface area contributed by atoms with E-state index in [0.717, 1.165) is 65.0 Å². The number of benzene rings is 5. The minimum Gasteiger partial charge on any atom is -0.372 e. The van der Waals surface area contributed by atoms with Crippen LogP contribution in [0.15, 0.2) is 133 Å². The molecule has 1 atom stereocenters. The number of carbonyl (C=O) groups is 2. The number of nitrogens with zero attached hydrogens (tertiary/aromatic N) is 1. The second-order valence-electron chi connectivity index (χ2n) is 12.1. The fourth-order valence-corrected chi connectivity index (χ4v) is 6.58. The molecule has 5 aromatic carbocycles. The van der Waals surface area contributed by atoms with E-state index in [4.69, 9.17) is 0 Å². The van der Waals surface area contributed by atoms with Crippen LogP contribution in [0.3, 0.4) is 0 Å². The van der Waals surface area contributed by atoms with Crippen LogP contribution in [0.4, 0.5) is 5.69 Å². The first-order valence-corrected chi connectivity index (χ1v) is 15.9. The van der Waals surface area contributed by atoms with Crippen molar-refractivity contribution in [3.8, 4) is 11.1 Å². The van der Waals surface area contributed by atoms with Crippen LogP contribution in [0.5, 0.6) is 0 Å². The van der Waals surface area contributed by atoms with Crippen LogP contribution in [-0.4, -0.2) is 24.8 Å². The van der Waals surface area contributed by atoms with Crippen LogP contribution < -0.4 is 10.2 Å². The Morgan fingerprint density at radius 1 is 0.733 bits per heavy atom. The number of aryl methyl sites for hydroxylation is 1. The smallest absolute Gasteiger partial charge is 0.228 e. The first-order chi connectivity index (χ1) is 22.0. The van der Waals surface area contributed by atoms with Crippen molar-refractivity contribution in [1.82, 2.24) is 5.32 Å². The normalized spacial score (nSPS) is 14.1. The fraction of sp³-hybridized carbons (Fsp3) is 0.220. The molecule has 4 heteroatoms. The number of Topliss-reactive ketones (excluding diaryl/α,β-unsaturated/α-hetero) is 1. The van der Waals surface area contributed by atoms with Crippen molar-refractivity contribution >= 4 is 17.4 Å². The molecule has 4 nitrogen and oxygen atoms in total. The largest absolute Gasteiger partial charge is 0.372 e. The first-order valence-electron chi connectivity index (χ1n) is 15.9. The van der Waals surface area contributed by atoms with E-state index in [1.165, 1.54) is 5.56 Å². The van der Waals surface area contributed by atoms with Crippen molar-refractivity contribution in [3.05, 3.63) is 161 Å². The molecule has 0 saturated carbocycles. The number of piperidine rings is 1. The molecule has 1 saturated heterocycles. The third-order valence-corrected chi connectivity index (χ3v) is 8.98. The van der Waals surface area contributed by atoms with Crippen molar-refractivity contribution in [1.29, 1.82) is 0 Å². The number of amides is 1. The van der Waals surface area contributed by atoms with E-state index in [-0.39, 0.29) is 23.5 Å². The second kappa shape index (κ2) is 14.2. The van der Waals surface area contributed by atoms with Crippen LogP contribution in [0, 0.1) is 12.8 Å². The molecule has 1 N–H and O–H groups in total. The maximum Gasteiger partial charge on any atom is 0.228 e. The van der Waals surface area contributed by atoms with E-state index in [2.05, 4.69) is 71.7 Å². The van der Waals surface area contributed by atoms with Gasteiger partial charge in [0.25, 0.3) is 0 Å². The summed E-state index contributed by atoms with van der Waals surface area (Å²) in [4.78, 5) is 29.4. The fourth-order valence-electron chi connectivity index (χ4n) is 6.58. The quantitative estimate of drug-likeness (QED) is 0.166. The van der Waals surface area contributed by atoms with E-state index >= 15 is 0 Å². The van der Waals surface area contributed by atoms with Gasteiger partial charge >= 0.3 is 0 Å². The van der Waals surface area contributed by atoms with E-state index in [0.29, 0.717) is 13.0 Å². The molecule has 0 radical (unpaired) electrons. The summed E-state index contributed by atoms with van der Waals surface area (Å²) in [5.74, 6) is 0.317. The SMILES string of the molecule is Cc1cccc(-c2ccccc2C(=O)Cc2ccc(N3CCC(C(C(=O)NCc4ccccc4)c4ccccc4)CC3)cc2)c1. The molecular weight excluding hydrogens is 552 g/mol. The van der Waals surface area contributed by atoms with Crippen LogP contribution in [-0.2, 0) is 17.8 Å². The third-order valence-electron chi connectivity index (χ3n) is 8.98. The van der Waals surface area contributed by atoms with Gasteiger partial charge in [-0.25, -0.2) is 0 Å². The molecule has 1 fully saturated rings. The summed E-state index contributed by atoms with van der Waals surface area (Å²) < 4.78 is 0. The predicted octanol–water partition coefficient (Wildman–Crippen LogP) is 8.40. The molecule has 1 heterocycles. The van der Waals surface area contributed by atoms with E-state index in [9.17, 15) is 9.59 Å². The zero-order valence-corrected chi connectivity index (χ0v) is 25.9. The lowest BCUT2D eigenvalue weighted by molar-refractivity contribution is -0.124. The molecule has 1 aliphatic rings. The van der Waals surface area contributed by atoms with Gasteiger partial charge in [0.2, 0.25) is 5.91 Å². The lowest BCUT2D eigenvalue weighted by Crippen LogP contribution is -2.40. The van der Waals surface area contributed by atoms with Crippen LogP contribution in [0.1, 0.15) is 51.4 Å². The summed E-state index contributed by atoms with van der Waals surface area (Å²) in [7, 11) is 0. The third kappa shape index (κ3) is 7.41. The Morgan fingerprint density at radius 3 is 2.11 bits per heavy atom. The maximum absolute atomic E-state index is 13.6. The summed E-state index contributed by atoms with van der Waals surface area (Å²) >= 11 is 0. The molecule has 1 unspecified atom stereocenters. The number of nitrogens with one attached hydrogen (secondary N) is 1. The van der Waals surface area contributed by atoms with Crippen molar-refractivity contribution in [3.63, 3.8) is 0 Å². The maximum atomic E-state index is 13.6. The van der Waals surface area contributed by atoms with Gasteiger partial charge < -0.3 is 10.2 Å². The van der Waals surface area contributed by atoms with Crippen molar-refractivity contribution in [2.45, 2.75) is 38.6 Å². The highest BCUT2D eigenvalue weighted by atomic mass is 16.2. The van der Waals surface area contributed by atoms with Crippen LogP contribution in [0.25, 0.3) is 11.1 Å². The van der Waals surface area contributed by atoms with Gasteiger partial charge in [0.05, 0.1) is 5.92 Å². The van der Waals surface area contributed by atoms with Crippen molar-refractivity contribution < 1.29 is 9.59 Å². The lowest BCUT2D eigenvalue weighted by atomic mass is 9.79. The summed E-state index contributed by atoms with van der Waals surface area (Å²) in [6.45, 7) is 4.39. The minimum atomic E-state index is -0.173. The number of hydrogen-bond acceptors (Lipinski definition) is 3. The zero-order chi connectivity index (χ0) is 31.0. The van der Waals surface area contributed by atoms with E-state index in [1.807, 2.05) is 78.9 Å². The van der Waals surface area contributed by atoms with Gasteiger partial charge in [0.15, 0.2) is 5.78 Å². The van der Waals surface area contributed by atoms with Crippen molar-refractivity contribution in [2.75, 3.05) is 18.0 Å². The molecule has 1 amide bonds. The van der Waals surface area contributed by atoms with Gasteiger partial charge in [0.1, 0.15) is 0 Å². The number of hydrogen-bond donors (Lipinski definition) is 1. The number of rotatable bonds is 10. The average Bonchev–Trinajstić information content (AvgIpc) is 3.09. The lowest BCUT2D eigenvalue weighted by Gasteiger charge is -2.37. The topological polar surface area (TPSA) is 49.4 Å². The minimum absolute atomic E-state index is 0.0986. The van der Waals surface area contributed by atoms with Gasteiger partial charge in [0, 0.05) is 37.3 Å². The first kappa shape index (κ1) is 30.1. The Bertz CT molecular complexity index is 1720. The molecule has 226 valence electrons. The summed E-state index contributed by atoms with van der Waals surface area (Å²) in [5, 5.41) is 3.21. The van der Waals surface area contributed by atoms with Gasteiger partial charge in [-0.15, -0.1) is 0 Å². The molecule has 45 heavy (non-hydrogen) atoms. The molecule has 0 aliphatic carbocycles. The molecule has 1 aliphatic heterocycles. The van der Waals surface area contributed by atoms with E-state index in [1.54, 1.807) is 0 Å². The second-order valence-corrected chi connectivity index (χ2v) is 12.1. The highest BCUT2D eigenvalue weighted by Gasteiger charge is 2.32. The molecule has 0 spiro atoms. The van der Waals surface area contributed by atoms with Gasteiger partial charge in [-0.1, -0.05) is 127 Å². The number of anilines is 1. The Morgan fingerprint density at radius 2 is 1.40 bits per heavy atom. The Labute approximate surface area is 266 Å². The molecular formula is C41H40N2O2.